The van der Waals surface area contributed by atoms with Crippen molar-refractivity contribution in [2.24, 2.45) is 5.92 Å². The second kappa shape index (κ2) is 12.1. The van der Waals surface area contributed by atoms with Crippen molar-refractivity contribution in [3.63, 3.8) is 0 Å². The summed E-state index contributed by atoms with van der Waals surface area (Å²) in [7, 11) is -4.21. The van der Waals surface area contributed by atoms with Crippen LogP contribution in [-0.2, 0) is 38.9 Å². The molecule has 0 radical (unpaired) electrons. The number of hydrogen-bond donors (Lipinski definition) is 2. The maximum atomic E-state index is 14.3. The Kier molecular flexibility index (Phi) is 8.11. The number of nitrogens with zero attached hydrogens (tertiary/aromatic N) is 2. The molecule has 2 N–H and O–H groups in total. The summed E-state index contributed by atoms with van der Waals surface area (Å²) in [4.78, 5) is 28.1. The molecule has 1 heterocycles. The van der Waals surface area contributed by atoms with Crippen molar-refractivity contribution >= 4 is 38.3 Å². The van der Waals surface area contributed by atoms with Gasteiger partial charge in [-0.25, -0.2) is 8.42 Å². The number of anilines is 1. The first-order valence-corrected chi connectivity index (χ1v) is 16.4. The van der Waals surface area contributed by atoms with Crippen molar-refractivity contribution in [2.45, 2.75) is 43.4 Å². The SMILES string of the molecule is N#Cc1ccc(CC(C(=O)NC2(S(=O)(=O)Nc3ccc4ccccc4c3)Cc3ccccc3C2)C(=O)N2CCCCC2)cc1. The Balaban J connectivity index is 1.34. The molecule has 1 unspecified atom stereocenters. The summed E-state index contributed by atoms with van der Waals surface area (Å²) in [6.45, 7) is 1.13. The Morgan fingerprint density at radius 1 is 0.841 bits per heavy atom. The van der Waals surface area contributed by atoms with E-state index in [-0.39, 0.29) is 25.2 Å². The van der Waals surface area contributed by atoms with E-state index in [1.54, 1.807) is 41.3 Å². The van der Waals surface area contributed by atoms with Crippen LogP contribution in [-0.4, -0.2) is 43.1 Å². The molecule has 0 aromatic heterocycles. The van der Waals surface area contributed by atoms with Gasteiger partial charge in [0.05, 0.1) is 11.6 Å². The van der Waals surface area contributed by atoms with Crippen molar-refractivity contribution in [3.05, 3.63) is 113 Å². The Morgan fingerprint density at radius 2 is 1.48 bits per heavy atom. The van der Waals surface area contributed by atoms with Crippen molar-refractivity contribution in [2.75, 3.05) is 17.8 Å². The van der Waals surface area contributed by atoms with Crippen LogP contribution >= 0.6 is 0 Å². The van der Waals surface area contributed by atoms with Crippen LogP contribution in [0.25, 0.3) is 10.8 Å². The van der Waals surface area contributed by atoms with Gasteiger partial charge in [0.1, 0.15) is 5.92 Å². The summed E-state index contributed by atoms with van der Waals surface area (Å²) < 4.78 is 31.4. The highest BCUT2D eigenvalue weighted by Gasteiger charge is 2.51. The van der Waals surface area contributed by atoms with E-state index in [4.69, 9.17) is 0 Å². The van der Waals surface area contributed by atoms with E-state index in [0.29, 0.717) is 24.3 Å². The first-order valence-electron chi connectivity index (χ1n) is 14.9. The van der Waals surface area contributed by atoms with Gasteiger partial charge in [-0.3, -0.25) is 14.3 Å². The molecule has 6 rings (SSSR count). The first-order chi connectivity index (χ1) is 21.3. The van der Waals surface area contributed by atoms with Gasteiger partial charge in [-0.2, -0.15) is 5.26 Å². The number of amides is 2. The van der Waals surface area contributed by atoms with Crippen LogP contribution in [0.1, 0.15) is 41.5 Å². The molecule has 2 aliphatic rings. The van der Waals surface area contributed by atoms with Gasteiger partial charge in [0.15, 0.2) is 4.87 Å². The summed E-state index contributed by atoms with van der Waals surface area (Å²) >= 11 is 0. The minimum absolute atomic E-state index is 0.0688. The van der Waals surface area contributed by atoms with Crippen molar-refractivity contribution in [1.82, 2.24) is 10.2 Å². The summed E-state index contributed by atoms with van der Waals surface area (Å²) in [5.74, 6) is -2.06. The van der Waals surface area contributed by atoms with E-state index in [1.165, 1.54) is 0 Å². The quantitative estimate of drug-likeness (QED) is 0.276. The fourth-order valence-electron chi connectivity index (χ4n) is 6.32. The van der Waals surface area contributed by atoms with E-state index in [9.17, 15) is 23.3 Å². The van der Waals surface area contributed by atoms with Gasteiger partial charge in [0, 0.05) is 31.6 Å². The number of piperidine rings is 1. The van der Waals surface area contributed by atoms with Gasteiger partial charge in [0.25, 0.3) is 10.0 Å². The molecule has 0 saturated carbocycles. The molecule has 0 bridgehead atoms. The van der Waals surface area contributed by atoms with Gasteiger partial charge in [-0.1, -0.05) is 66.7 Å². The normalized spacial score (nSPS) is 16.5. The molecular weight excluding hydrogens is 572 g/mol. The fourth-order valence-corrected chi connectivity index (χ4v) is 7.88. The number of sulfonamides is 1. The maximum Gasteiger partial charge on any atom is 0.257 e. The minimum atomic E-state index is -4.21. The Hall–Kier alpha value is -4.68. The van der Waals surface area contributed by atoms with Crippen LogP contribution in [0.3, 0.4) is 0 Å². The van der Waals surface area contributed by atoms with E-state index in [0.717, 1.165) is 46.7 Å². The van der Waals surface area contributed by atoms with Crippen LogP contribution in [0, 0.1) is 17.2 Å². The summed E-state index contributed by atoms with van der Waals surface area (Å²) in [5.41, 5.74) is 3.26. The third kappa shape index (κ3) is 5.90. The number of likely N-dealkylation sites (tertiary alicyclic amines) is 1. The third-order valence-corrected chi connectivity index (χ3v) is 10.7. The number of carbonyl (C=O) groups excluding carboxylic acids is 2. The lowest BCUT2D eigenvalue weighted by Crippen LogP contribution is -2.60. The largest absolute Gasteiger partial charge is 0.342 e. The van der Waals surface area contributed by atoms with Crippen LogP contribution in [0.15, 0.2) is 91.0 Å². The zero-order valence-corrected chi connectivity index (χ0v) is 25.1. The van der Waals surface area contributed by atoms with Gasteiger partial charge in [0.2, 0.25) is 11.8 Å². The molecule has 8 nitrogen and oxygen atoms in total. The van der Waals surface area contributed by atoms with Crippen LogP contribution < -0.4 is 10.0 Å². The van der Waals surface area contributed by atoms with E-state index in [1.807, 2.05) is 54.6 Å². The molecule has 9 heteroatoms. The molecule has 1 fully saturated rings. The van der Waals surface area contributed by atoms with Crippen molar-refractivity contribution < 1.29 is 18.0 Å². The molecule has 1 aliphatic heterocycles. The molecule has 1 saturated heterocycles. The molecule has 4 aromatic rings. The molecule has 224 valence electrons. The van der Waals surface area contributed by atoms with Gasteiger partial charge >= 0.3 is 0 Å². The molecule has 44 heavy (non-hydrogen) atoms. The Labute approximate surface area is 257 Å². The predicted molar refractivity (Wildman–Crippen MR) is 170 cm³/mol. The van der Waals surface area contributed by atoms with E-state index >= 15 is 0 Å². The van der Waals surface area contributed by atoms with Crippen molar-refractivity contribution in [3.8, 4) is 6.07 Å². The number of fused-ring (bicyclic) bond motifs is 2. The lowest BCUT2D eigenvalue weighted by atomic mass is 9.94. The molecule has 4 aromatic carbocycles. The minimum Gasteiger partial charge on any atom is -0.342 e. The number of carbonyl (C=O) groups is 2. The zero-order chi connectivity index (χ0) is 30.7. The molecular formula is C35H34N4O4S. The summed E-state index contributed by atoms with van der Waals surface area (Å²) in [6.07, 6.45) is 2.98. The highest BCUT2D eigenvalue weighted by atomic mass is 32.2. The Bertz CT molecular complexity index is 1830. The average molecular weight is 607 g/mol. The van der Waals surface area contributed by atoms with E-state index < -0.39 is 26.7 Å². The monoisotopic (exact) mass is 606 g/mol. The van der Waals surface area contributed by atoms with Gasteiger partial charge in [-0.05, 0) is 77.4 Å². The first kappa shape index (κ1) is 29.4. The third-order valence-electron chi connectivity index (χ3n) is 8.74. The summed E-state index contributed by atoms with van der Waals surface area (Å²) in [6, 6.07) is 29.4. The molecule has 1 atom stereocenters. The van der Waals surface area contributed by atoms with E-state index in [2.05, 4.69) is 16.1 Å². The molecule has 0 spiro atoms. The topological polar surface area (TPSA) is 119 Å². The number of rotatable bonds is 8. The standard InChI is InChI=1S/C35H34N4O4S/c36-24-26-14-12-25(13-15-26)20-32(34(41)39-18-6-1-7-19-39)33(40)37-35(22-29-10-4-5-11-30(29)23-35)44(42,43)38-31-17-16-27-8-2-3-9-28(27)21-31/h2-5,8-17,21,32,38H,1,6-7,18-20,22-23H2,(H,37,40). The number of nitrogens with one attached hydrogen (secondary N) is 2. The van der Waals surface area contributed by atoms with Crippen LogP contribution in [0.4, 0.5) is 5.69 Å². The molecule has 2 amide bonds. The summed E-state index contributed by atoms with van der Waals surface area (Å²) in [5, 5.41) is 14.0. The van der Waals surface area contributed by atoms with Gasteiger partial charge < -0.3 is 10.2 Å². The number of nitriles is 1. The highest BCUT2D eigenvalue weighted by Crippen LogP contribution is 2.36. The second-order valence-electron chi connectivity index (χ2n) is 11.7. The maximum absolute atomic E-state index is 14.3. The highest BCUT2D eigenvalue weighted by molar-refractivity contribution is 7.94. The Morgan fingerprint density at radius 3 is 2.14 bits per heavy atom. The van der Waals surface area contributed by atoms with Crippen LogP contribution in [0.5, 0.6) is 0 Å². The fraction of sp³-hybridized carbons (Fsp3) is 0.286. The zero-order valence-electron chi connectivity index (χ0n) is 24.3. The number of benzene rings is 4. The second-order valence-corrected chi connectivity index (χ2v) is 13.7. The van der Waals surface area contributed by atoms with Crippen molar-refractivity contribution in [1.29, 1.82) is 5.26 Å². The predicted octanol–water partition coefficient (Wildman–Crippen LogP) is 4.94. The van der Waals surface area contributed by atoms with Crippen LogP contribution in [0.2, 0.25) is 0 Å². The lowest BCUT2D eigenvalue weighted by Gasteiger charge is -2.34. The van der Waals surface area contributed by atoms with Gasteiger partial charge in [-0.15, -0.1) is 0 Å². The molecule has 1 aliphatic carbocycles. The number of hydrogen-bond acceptors (Lipinski definition) is 5. The average Bonchev–Trinajstić information content (AvgIpc) is 3.44. The lowest BCUT2D eigenvalue weighted by molar-refractivity contribution is -0.143. The smallest absolute Gasteiger partial charge is 0.257 e.